The second kappa shape index (κ2) is 3.99. The fraction of sp³-hybridized carbons (Fsp3) is 0.667. The van der Waals surface area contributed by atoms with Gasteiger partial charge in [-0.15, -0.1) is 0 Å². The normalized spacial score (nSPS) is 17.2. The number of carbonyl (C=O) groups is 1. The van der Waals surface area contributed by atoms with Crippen LogP contribution in [0.1, 0.15) is 0 Å². The van der Waals surface area contributed by atoms with E-state index in [-0.39, 0.29) is 0 Å². The highest BCUT2D eigenvalue weighted by Crippen LogP contribution is 2.17. The van der Waals surface area contributed by atoms with Gasteiger partial charge >= 0.3 is 11.6 Å². The minimum atomic E-state index is -3.16. The topological polar surface area (TPSA) is 79.6 Å². The summed E-state index contributed by atoms with van der Waals surface area (Å²) in [7, 11) is 1.86. The molecule has 0 aromatic heterocycles. The van der Waals surface area contributed by atoms with Crippen molar-refractivity contribution in [1.82, 2.24) is 0 Å². The predicted octanol–water partition coefficient (Wildman–Crippen LogP) is -0.644. The first-order valence-electron chi connectivity index (χ1n) is 2.92. The lowest BCUT2D eigenvalue weighted by atomic mass is 10.1. The summed E-state index contributed by atoms with van der Waals surface area (Å²) in [5, 5.41) is 17.0. The molecule has 68 valence electrons. The fourth-order valence-electron chi connectivity index (χ4n) is 0.513. The van der Waals surface area contributed by atoms with Gasteiger partial charge in [0.05, 0.1) is 7.11 Å². The van der Waals surface area contributed by atoms with Crippen LogP contribution in [0, 0.1) is 11.3 Å². The molecule has 2 atom stereocenters. The average molecular weight is 177 g/mol. The number of nitrogens with zero attached hydrogens (tertiary/aromatic N) is 1. The molecule has 6 heteroatoms. The van der Waals surface area contributed by atoms with Gasteiger partial charge in [-0.3, -0.25) is 0 Å². The zero-order chi connectivity index (χ0) is 9.78. The fourth-order valence-corrected chi connectivity index (χ4v) is 0.513. The molecule has 0 aromatic rings. The third kappa shape index (κ3) is 1.69. The molecule has 0 aromatic carbocycles. The molecule has 0 amide bonds. The van der Waals surface area contributed by atoms with Gasteiger partial charge in [-0.05, 0) is 0 Å². The number of halogens is 1. The number of alkyl halides is 1. The quantitative estimate of drug-likeness (QED) is 0.458. The smallest absolute Gasteiger partial charge is 0.364 e. The van der Waals surface area contributed by atoms with Crippen LogP contribution in [-0.2, 0) is 14.3 Å². The Hall–Kier alpha value is -1.19. The predicted molar refractivity (Wildman–Crippen MR) is 34.5 cm³/mol. The molecule has 0 aliphatic heterocycles. The highest BCUT2D eigenvalue weighted by Gasteiger charge is 2.48. The lowest BCUT2D eigenvalue weighted by molar-refractivity contribution is -0.184. The highest BCUT2D eigenvalue weighted by atomic mass is 19.1. The minimum Gasteiger partial charge on any atom is -0.466 e. The summed E-state index contributed by atoms with van der Waals surface area (Å²) >= 11 is 0. The molecule has 0 aliphatic carbocycles. The van der Waals surface area contributed by atoms with E-state index in [1.54, 1.807) is 0 Å². The maximum absolute atomic E-state index is 13.1. The van der Waals surface area contributed by atoms with Crippen molar-refractivity contribution in [2.45, 2.75) is 12.0 Å². The zero-order valence-corrected chi connectivity index (χ0v) is 6.57. The van der Waals surface area contributed by atoms with E-state index in [1.807, 2.05) is 0 Å². The molecule has 0 saturated carbocycles. The average Bonchev–Trinajstić information content (AvgIpc) is 2.13. The van der Waals surface area contributed by atoms with E-state index in [4.69, 9.17) is 10.4 Å². The molecule has 0 heterocycles. The highest BCUT2D eigenvalue weighted by molar-refractivity contribution is 5.83. The standard InChI is InChI=1S/C6H8FNO4/c1-11-4(9)6(7,3-8)5(10)12-2/h4,9H,1-2H3. The van der Waals surface area contributed by atoms with Gasteiger partial charge in [0.2, 0.25) is 6.29 Å². The van der Waals surface area contributed by atoms with Gasteiger partial charge in [0, 0.05) is 7.11 Å². The van der Waals surface area contributed by atoms with Crippen molar-refractivity contribution in [2.24, 2.45) is 0 Å². The van der Waals surface area contributed by atoms with Crippen LogP contribution in [0.5, 0.6) is 0 Å². The Morgan fingerprint density at radius 3 is 2.50 bits per heavy atom. The monoisotopic (exact) mass is 177 g/mol. The second-order valence-electron chi connectivity index (χ2n) is 1.90. The molecule has 0 aliphatic rings. The van der Waals surface area contributed by atoms with E-state index in [0.29, 0.717) is 0 Å². The number of hydrogen-bond donors (Lipinski definition) is 1. The van der Waals surface area contributed by atoms with Crippen LogP contribution in [0.4, 0.5) is 4.39 Å². The number of aliphatic hydroxyl groups is 1. The van der Waals surface area contributed by atoms with Gasteiger partial charge in [0.1, 0.15) is 6.07 Å². The number of esters is 1. The van der Waals surface area contributed by atoms with Crippen LogP contribution in [-0.4, -0.2) is 37.3 Å². The summed E-state index contributed by atoms with van der Waals surface area (Å²) in [4.78, 5) is 10.6. The SMILES string of the molecule is COC(=O)C(F)(C#N)C(O)OC. The van der Waals surface area contributed by atoms with Crippen molar-refractivity contribution in [2.75, 3.05) is 14.2 Å². The van der Waals surface area contributed by atoms with E-state index in [1.165, 1.54) is 0 Å². The Morgan fingerprint density at radius 2 is 2.25 bits per heavy atom. The van der Waals surface area contributed by atoms with Crippen molar-refractivity contribution in [3.05, 3.63) is 0 Å². The number of methoxy groups -OCH3 is 2. The molecule has 1 N–H and O–H groups in total. The lowest BCUT2D eigenvalue weighted by Gasteiger charge is -2.18. The summed E-state index contributed by atoms with van der Waals surface area (Å²) in [6.07, 6.45) is -2.14. The van der Waals surface area contributed by atoms with Crippen molar-refractivity contribution < 1.29 is 23.8 Å². The first-order chi connectivity index (χ1) is 5.52. The molecule has 2 unspecified atom stereocenters. The maximum atomic E-state index is 13.1. The summed E-state index contributed by atoms with van der Waals surface area (Å²) in [6.45, 7) is 0. The summed E-state index contributed by atoms with van der Waals surface area (Å²) < 4.78 is 21.1. The first-order valence-corrected chi connectivity index (χ1v) is 2.92. The first kappa shape index (κ1) is 10.8. The zero-order valence-electron chi connectivity index (χ0n) is 6.57. The van der Waals surface area contributed by atoms with E-state index in [0.717, 1.165) is 20.3 Å². The summed E-state index contributed by atoms with van der Waals surface area (Å²) in [6, 6.07) is 0.964. The van der Waals surface area contributed by atoms with Crippen LogP contribution >= 0.6 is 0 Å². The van der Waals surface area contributed by atoms with Crippen LogP contribution in [0.3, 0.4) is 0 Å². The molecule has 0 rings (SSSR count). The van der Waals surface area contributed by atoms with Crippen LogP contribution in [0.25, 0.3) is 0 Å². The number of ether oxygens (including phenoxy) is 2. The number of hydrogen-bond acceptors (Lipinski definition) is 5. The summed E-state index contributed by atoms with van der Waals surface area (Å²) in [5.74, 6) is -1.49. The van der Waals surface area contributed by atoms with Crippen LogP contribution < -0.4 is 0 Å². The van der Waals surface area contributed by atoms with Crippen LogP contribution in [0.2, 0.25) is 0 Å². The molecule has 0 radical (unpaired) electrons. The van der Waals surface area contributed by atoms with Gasteiger partial charge in [-0.25, -0.2) is 9.18 Å². The van der Waals surface area contributed by atoms with Gasteiger partial charge in [-0.2, -0.15) is 5.26 Å². The number of rotatable bonds is 3. The van der Waals surface area contributed by atoms with Crippen molar-refractivity contribution in [1.29, 1.82) is 5.26 Å². The van der Waals surface area contributed by atoms with Gasteiger partial charge in [0.15, 0.2) is 0 Å². The molecular formula is C6H8FNO4. The van der Waals surface area contributed by atoms with Gasteiger partial charge in [0.25, 0.3) is 0 Å². The third-order valence-electron chi connectivity index (χ3n) is 1.21. The Balaban J connectivity index is 4.70. The molecule has 12 heavy (non-hydrogen) atoms. The van der Waals surface area contributed by atoms with E-state index in [9.17, 15) is 9.18 Å². The van der Waals surface area contributed by atoms with Crippen molar-refractivity contribution in [3.8, 4) is 6.07 Å². The Labute approximate surface area is 68.3 Å². The van der Waals surface area contributed by atoms with Gasteiger partial charge in [-0.1, -0.05) is 0 Å². The van der Waals surface area contributed by atoms with E-state index >= 15 is 0 Å². The number of aliphatic hydroxyl groups excluding tert-OH is 1. The Bertz CT molecular complexity index is 214. The van der Waals surface area contributed by atoms with E-state index < -0.39 is 17.9 Å². The largest absolute Gasteiger partial charge is 0.466 e. The molecule has 0 spiro atoms. The van der Waals surface area contributed by atoms with Gasteiger partial charge < -0.3 is 14.6 Å². The van der Waals surface area contributed by atoms with Crippen LogP contribution in [0.15, 0.2) is 0 Å². The molecule has 0 saturated heterocycles. The van der Waals surface area contributed by atoms with Crippen molar-refractivity contribution in [3.63, 3.8) is 0 Å². The molecule has 5 nitrogen and oxygen atoms in total. The van der Waals surface area contributed by atoms with Crippen molar-refractivity contribution >= 4 is 5.97 Å². The maximum Gasteiger partial charge on any atom is 0.364 e. The summed E-state index contributed by atoms with van der Waals surface area (Å²) in [5.41, 5.74) is -3.16. The lowest BCUT2D eigenvalue weighted by Crippen LogP contribution is -2.46. The Kier molecular flexibility index (Phi) is 3.60. The second-order valence-corrected chi connectivity index (χ2v) is 1.90. The third-order valence-corrected chi connectivity index (χ3v) is 1.21. The Morgan fingerprint density at radius 1 is 1.75 bits per heavy atom. The molecular weight excluding hydrogens is 169 g/mol. The molecule has 0 fully saturated rings. The minimum absolute atomic E-state index is 0.899. The number of nitriles is 1. The molecule has 0 bridgehead atoms. The van der Waals surface area contributed by atoms with E-state index in [2.05, 4.69) is 9.47 Å². The number of carbonyl (C=O) groups excluding carboxylic acids is 1.